The predicted molar refractivity (Wildman–Crippen MR) is 85.3 cm³/mol. The summed E-state index contributed by atoms with van der Waals surface area (Å²) in [7, 11) is 0. The molecule has 0 heterocycles. The Labute approximate surface area is 123 Å². The van der Waals surface area contributed by atoms with Gasteiger partial charge in [0.15, 0.2) is 0 Å². The molecule has 2 heteroatoms. The number of unbranched alkanes of at least 4 members (excludes halogenated alkanes) is 7. The van der Waals surface area contributed by atoms with E-state index in [0.717, 1.165) is 18.4 Å². The van der Waals surface area contributed by atoms with Crippen molar-refractivity contribution in [3.05, 3.63) is 35.1 Å². The minimum absolute atomic E-state index is 0.157. The second-order valence-electron chi connectivity index (χ2n) is 5.90. The van der Waals surface area contributed by atoms with E-state index in [9.17, 15) is 4.39 Å². The van der Waals surface area contributed by atoms with E-state index in [1.54, 1.807) is 6.07 Å². The average Bonchev–Trinajstić information content (AvgIpc) is 2.44. The van der Waals surface area contributed by atoms with Crippen LogP contribution in [0.3, 0.4) is 0 Å². The third-order valence-corrected chi connectivity index (χ3v) is 3.92. The summed E-state index contributed by atoms with van der Waals surface area (Å²) in [6.45, 7) is 4.22. The zero-order valence-corrected chi connectivity index (χ0v) is 13.1. The van der Waals surface area contributed by atoms with Crippen molar-refractivity contribution in [1.82, 2.24) is 0 Å². The molecular formula is C18H30FN. The molecule has 20 heavy (non-hydrogen) atoms. The Morgan fingerprint density at radius 1 is 1.00 bits per heavy atom. The summed E-state index contributed by atoms with van der Waals surface area (Å²) in [6.07, 6.45) is 11.2. The highest BCUT2D eigenvalue weighted by Gasteiger charge is 2.11. The Bertz CT molecular complexity index is 376. The van der Waals surface area contributed by atoms with Crippen LogP contribution >= 0.6 is 0 Å². The largest absolute Gasteiger partial charge is 0.324 e. The van der Waals surface area contributed by atoms with Gasteiger partial charge >= 0.3 is 0 Å². The summed E-state index contributed by atoms with van der Waals surface area (Å²) in [5.74, 6) is -0.164. The van der Waals surface area contributed by atoms with Gasteiger partial charge in [0.1, 0.15) is 5.82 Å². The molecule has 0 fully saturated rings. The number of hydrogen-bond acceptors (Lipinski definition) is 1. The molecule has 0 aliphatic rings. The minimum Gasteiger partial charge on any atom is -0.324 e. The first-order valence-corrected chi connectivity index (χ1v) is 8.16. The van der Waals surface area contributed by atoms with Gasteiger partial charge in [0, 0.05) is 11.6 Å². The Morgan fingerprint density at radius 3 is 2.25 bits per heavy atom. The maximum Gasteiger partial charge on any atom is 0.127 e. The number of hydrogen-bond donors (Lipinski definition) is 1. The Hall–Kier alpha value is -0.890. The molecule has 2 N–H and O–H groups in total. The lowest BCUT2D eigenvalue weighted by molar-refractivity contribution is 0.517. The van der Waals surface area contributed by atoms with Crippen molar-refractivity contribution in [3.8, 4) is 0 Å². The van der Waals surface area contributed by atoms with Gasteiger partial charge in [-0.2, -0.15) is 0 Å². The van der Waals surface area contributed by atoms with Gasteiger partial charge in [-0.05, 0) is 19.4 Å². The van der Waals surface area contributed by atoms with Gasteiger partial charge in [0.05, 0.1) is 0 Å². The van der Waals surface area contributed by atoms with Crippen LogP contribution in [0, 0.1) is 12.7 Å². The lowest BCUT2D eigenvalue weighted by Crippen LogP contribution is -2.12. The average molecular weight is 279 g/mol. The first-order chi connectivity index (χ1) is 9.65. The molecule has 1 atom stereocenters. The molecule has 1 aromatic rings. The van der Waals surface area contributed by atoms with Crippen molar-refractivity contribution in [1.29, 1.82) is 0 Å². The summed E-state index contributed by atoms with van der Waals surface area (Å²) in [4.78, 5) is 0. The highest BCUT2D eigenvalue weighted by atomic mass is 19.1. The fourth-order valence-electron chi connectivity index (χ4n) is 2.60. The van der Waals surface area contributed by atoms with Crippen molar-refractivity contribution in [3.63, 3.8) is 0 Å². The fourth-order valence-corrected chi connectivity index (χ4v) is 2.60. The van der Waals surface area contributed by atoms with Gasteiger partial charge in [-0.15, -0.1) is 0 Å². The number of nitrogens with two attached hydrogens (primary N) is 1. The molecule has 1 nitrogen and oxygen atoms in total. The van der Waals surface area contributed by atoms with E-state index < -0.39 is 0 Å². The molecule has 0 bridgehead atoms. The normalized spacial score (nSPS) is 12.6. The summed E-state index contributed by atoms with van der Waals surface area (Å²) >= 11 is 0. The van der Waals surface area contributed by atoms with Gasteiger partial charge in [-0.3, -0.25) is 0 Å². The molecule has 0 saturated heterocycles. The zero-order chi connectivity index (χ0) is 14.8. The van der Waals surface area contributed by atoms with Gasteiger partial charge in [0.2, 0.25) is 0 Å². The van der Waals surface area contributed by atoms with Crippen molar-refractivity contribution < 1.29 is 4.39 Å². The maximum atomic E-state index is 13.7. The highest BCUT2D eigenvalue weighted by molar-refractivity contribution is 5.26. The van der Waals surface area contributed by atoms with Crippen LogP contribution in [0.4, 0.5) is 4.39 Å². The summed E-state index contributed by atoms with van der Waals surface area (Å²) in [5.41, 5.74) is 7.86. The lowest BCUT2D eigenvalue weighted by atomic mass is 9.98. The molecule has 0 aliphatic heterocycles. The van der Waals surface area contributed by atoms with Crippen molar-refractivity contribution in [2.75, 3.05) is 0 Å². The van der Waals surface area contributed by atoms with E-state index in [1.165, 1.54) is 51.0 Å². The Kier molecular flexibility index (Phi) is 8.52. The summed E-state index contributed by atoms with van der Waals surface area (Å²) in [5, 5.41) is 0. The van der Waals surface area contributed by atoms with E-state index in [2.05, 4.69) is 6.92 Å². The van der Waals surface area contributed by atoms with Crippen LogP contribution in [0.15, 0.2) is 18.2 Å². The smallest absolute Gasteiger partial charge is 0.127 e. The topological polar surface area (TPSA) is 26.0 Å². The van der Waals surface area contributed by atoms with E-state index in [4.69, 9.17) is 5.73 Å². The molecule has 0 aromatic heterocycles. The standard InChI is InChI=1S/C18H30FN/c1-3-4-5-6-7-8-9-10-11-18(20)16-14-15(2)12-13-17(16)19/h12-14,18H,3-11,20H2,1-2H3. The number of aryl methyl sites for hydroxylation is 1. The SMILES string of the molecule is CCCCCCCCCCC(N)c1cc(C)ccc1F. The van der Waals surface area contributed by atoms with E-state index in [1.807, 2.05) is 13.0 Å². The summed E-state index contributed by atoms with van der Waals surface area (Å²) in [6, 6.07) is 5.04. The van der Waals surface area contributed by atoms with Gasteiger partial charge in [-0.1, -0.05) is 76.0 Å². The molecule has 0 saturated carbocycles. The van der Waals surface area contributed by atoms with Gasteiger partial charge in [0.25, 0.3) is 0 Å². The third-order valence-electron chi connectivity index (χ3n) is 3.92. The van der Waals surface area contributed by atoms with Crippen LogP contribution < -0.4 is 5.73 Å². The first kappa shape index (κ1) is 17.2. The van der Waals surface area contributed by atoms with Crippen molar-refractivity contribution in [2.24, 2.45) is 5.73 Å². The summed E-state index contributed by atoms with van der Waals surface area (Å²) < 4.78 is 13.7. The first-order valence-electron chi connectivity index (χ1n) is 8.16. The fraction of sp³-hybridized carbons (Fsp3) is 0.667. The monoisotopic (exact) mass is 279 g/mol. The van der Waals surface area contributed by atoms with Crippen LogP contribution in [-0.2, 0) is 0 Å². The van der Waals surface area contributed by atoms with Crippen LogP contribution in [-0.4, -0.2) is 0 Å². The Morgan fingerprint density at radius 2 is 1.60 bits per heavy atom. The maximum absolute atomic E-state index is 13.7. The second-order valence-corrected chi connectivity index (χ2v) is 5.90. The van der Waals surface area contributed by atoms with Crippen LogP contribution in [0.2, 0.25) is 0 Å². The molecule has 0 radical (unpaired) electrons. The van der Waals surface area contributed by atoms with E-state index in [0.29, 0.717) is 5.56 Å². The van der Waals surface area contributed by atoms with Gasteiger partial charge in [-0.25, -0.2) is 4.39 Å². The second kappa shape index (κ2) is 9.93. The van der Waals surface area contributed by atoms with Crippen LogP contribution in [0.5, 0.6) is 0 Å². The number of benzene rings is 1. The molecule has 0 aliphatic carbocycles. The molecule has 1 unspecified atom stereocenters. The van der Waals surface area contributed by atoms with Crippen LogP contribution in [0.25, 0.3) is 0 Å². The lowest BCUT2D eigenvalue weighted by Gasteiger charge is -2.13. The zero-order valence-electron chi connectivity index (χ0n) is 13.1. The number of halogens is 1. The minimum atomic E-state index is -0.164. The van der Waals surface area contributed by atoms with Crippen molar-refractivity contribution in [2.45, 2.75) is 77.7 Å². The van der Waals surface area contributed by atoms with E-state index in [-0.39, 0.29) is 11.9 Å². The van der Waals surface area contributed by atoms with Crippen LogP contribution in [0.1, 0.15) is 81.9 Å². The molecule has 114 valence electrons. The molecule has 0 amide bonds. The third kappa shape index (κ3) is 6.51. The molecule has 1 aromatic carbocycles. The molecule has 0 spiro atoms. The molecular weight excluding hydrogens is 249 g/mol. The quantitative estimate of drug-likeness (QED) is 0.549. The van der Waals surface area contributed by atoms with E-state index >= 15 is 0 Å². The predicted octanol–water partition coefficient (Wildman–Crippen LogP) is 5.66. The molecule has 1 rings (SSSR count). The van der Waals surface area contributed by atoms with Crippen molar-refractivity contribution >= 4 is 0 Å². The number of rotatable bonds is 10. The van der Waals surface area contributed by atoms with Gasteiger partial charge < -0.3 is 5.73 Å². The highest BCUT2D eigenvalue weighted by Crippen LogP contribution is 2.22. The Balaban J connectivity index is 2.17.